The Morgan fingerprint density at radius 2 is 1.88 bits per heavy atom. The fraction of sp³-hybridized carbons (Fsp3) is 0.294. The van der Waals surface area contributed by atoms with Gasteiger partial charge in [0.2, 0.25) is 5.91 Å². The van der Waals surface area contributed by atoms with Gasteiger partial charge in [-0.25, -0.2) is 4.98 Å². The van der Waals surface area contributed by atoms with E-state index in [2.05, 4.69) is 10.3 Å². The van der Waals surface area contributed by atoms with Gasteiger partial charge < -0.3 is 10.2 Å². The minimum Gasteiger partial charge on any atom is -0.361 e. The third-order valence-corrected chi connectivity index (χ3v) is 4.00. The van der Waals surface area contributed by atoms with Crippen LogP contribution in [0.15, 0.2) is 42.5 Å². The van der Waals surface area contributed by atoms with Crippen LogP contribution in [0, 0.1) is 10.1 Å². The minimum atomic E-state index is -0.450. The number of pyridine rings is 1. The molecule has 1 aromatic carbocycles. The highest BCUT2D eigenvalue weighted by Crippen LogP contribution is 2.29. The molecular formula is C17H18N4O3. The van der Waals surface area contributed by atoms with Crippen LogP contribution in [0.2, 0.25) is 0 Å². The van der Waals surface area contributed by atoms with E-state index in [0.29, 0.717) is 17.1 Å². The zero-order chi connectivity index (χ0) is 16.9. The molecule has 7 nitrogen and oxygen atoms in total. The first kappa shape index (κ1) is 15.9. The number of amides is 1. The molecule has 2 heterocycles. The molecule has 1 amide bonds. The zero-order valence-electron chi connectivity index (χ0n) is 13.1. The average Bonchev–Trinajstić information content (AvgIpc) is 3.15. The number of anilines is 1. The Morgan fingerprint density at radius 3 is 2.54 bits per heavy atom. The van der Waals surface area contributed by atoms with Gasteiger partial charge in [-0.2, -0.15) is 0 Å². The van der Waals surface area contributed by atoms with Gasteiger partial charge in [0, 0.05) is 24.7 Å². The normalized spacial score (nSPS) is 13.8. The molecule has 0 bridgehead atoms. The number of rotatable bonds is 5. The van der Waals surface area contributed by atoms with Crippen LogP contribution in [-0.2, 0) is 4.79 Å². The molecule has 0 radical (unpaired) electrons. The molecule has 1 saturated heterocycles. The summed E-state index contributed by atoms with van der Waals surface area (Å²) in [6.07, 6.45) is 2.08. The van der Waals surface area contributed by atoms with Crippen molar-refractivity contribution in [1.29, 1.82) is 0 Å². The zero-order valence-corrected chi connectivity index (χ0v) is 13.1. The number of nitrogens with one attached hydrogen (secondary N) is 1. The molecule has 7 heteroatoms. The van der Waals surface area contributed by atoms with Crippen LogP contribution in [-0.4, -0.2) is 40.3 Å². The van der Waals surface area contributed by atoms with Crippen molar-refractivity contribution in [3.63, 3.8) is 0 Å². The Kier molecular flexibility index (Phi) is 4.69. The second kappa shape index (κ2) is 7.08. The Morgan fingerprint density at radius 1 is 1.17 bits per heavy atom. The van der Waals surface area contributed by atoms with Crippen LogP contribution < -0.4 is 5.32 Å². The van der Waals surface area contributed by atoms with E-state index in [0.717, 1.165) is 25.9 Å². The molecule has 0 aliphatic carbocycles. The maximum absolute atomic E-state index is 12.1. The van der Waals surface area contributed by atoms with Gasteiger partial charge in [0.05, 0.1) is 11.5 Å². The number of aromatic nitrogens is 1. The summed E-state index contributed by atoms with van der Waals surface area (Å²) in [4.78, 5) is 29.0. The maximum atomic E-state index is 12.1. The highest BCUT2D eigenvalue weighted by Gasteiger charge is 2.20. The first-order chi connectivity index (χ1) is 11.6. The van der Waals surface area contributed by atoms with E-state index in [1.165, 1.54) is 12.1 Å². The third-order valence-electron chi connectivity index (χ3n) is 4.00. The summed E-state index contributed by atoms with van der Waals surface area (Å²) in [5, 5.41) is 14.2. The number of nitro groups is 1. The fourth-order valence-electron chi connectivity index (χ4n) is 2.75. The predicted octanol–water partition coefficient (Wildman–Crippen LogP) is 2.69. The Hall–Kier alpha value is -2.96. The van der Waals surface area contributed by atoms with E-state index in [9.17, 15) is 14.9 Å². The molecule has 0 unspecified atom stereocenters. The van der Waals surface area contributed by atoms with Crippen LogP contribution >= 0.6 is 0 Å². The number of nitrogens with zero attached hydrogens (tertiary/aromatic N) is 3. The molecule has 2 aromatic rings. The summed E-state index contributed by atoms with van der Waals surface area (Å²) < 4.78 is 0. The van der Waals surface area contributed by atoms with Crippen molar-refractivity contribution in [1.82, 2.24) is 9.88 Å². The monoisotopic (exact) mass is 326 g/mol. The van der Waals surface area contributed by atoms with Crippen molar-refractivity contribution in [3.8, 4) is 11.3 Å². The van der Waals surface area contributed by atoms with Gasteiger partial charge >= 0.3 is 0 Å². The lowest BCUT2D eigenvalue weighted by molar-refractivity contribution is -0.384. The average molecular weight is 326 g/mol. The molecule has 24 heavy (non-hydrogen) atoms. The first-order valence-electron chi connectivity index (χ1n) is 7.87. The molecular weight excluding hydrogens is 308 g/mol. The number of carbonyl (C=O) groups excluding carboxylic acids is 1. The van der Waals surface area contributed by atoms with E-state index in [1.54, 1.807) is 24.3 Å². The summed E-state index contributed by atoms with van der Waals surface area (Å²) >= 11 is 0. The second-order valence-corrected chi connectivity index (χ2v) is 5.63. The van der Waals surface area contributed by atoms with Gasteiger partial charge in [0.15, 0.2) is 5.69 Å². The van der Waals surface area contributed by atoms with Gasteiger partial charge in [-0.3, -0.25) is 14.9 Å². The number of likely N-dealkylation sites (tertiary alicyclic amines) is 1. The van der Waals surface area contributed by atoms with Gasteiger partial charge in [-0.15, -0.1) is 0 Å². The second-order valence-electron chi connectivity index (χ2n) is 5.63. The summed E-state index contributed by atoms with van der Waals surface area (Å²) in [6, 6.07) is 11.9. The van der Waals surface area contributed by atoms with Crippen molar-refractivity contribution in [2.45, 2.75) is 12.8 Å². The highest BCUT2D eigenvalue weighted by atomic mass is 16.6. The summed E-state index contributed by atoms with van der Waals surface area (Å²) in [5.41, 5.74) is 0.899. The van der Waals surface area contributed by atoms with E-state index >= 15 is 0 Å². The van der Waals surface area contributed by atoms with Crippen molar-refractivity contribution < 1.29 is 9.72 Å². The van der Waals surface area contributed by atoms with Crippen molar-refractivity contribution in [3.05, 3.63) is 52.6 Å². The molecule has 1 aromatic heterocycles. The van der Waals surface area contributed by atoms with Crippen LogP contribution in [0.3, 0.4) is 0 Å². The lowest BCUT2D eigenvalue weighted by atomic mass is 10.1. The molecule has 1 aliphatic rings. The lowest BCUT2D eigenvalue weighted by Crippen LogP contribution is -2.33. The van der Waals surface area contributed by atoms with Gasteiger partial charge in [-0.1, -0.05) is 30.3 Å². The Labute approximate surface area is 139 Å². The van der Waals surface area contributed by atoms with E-state index < -0.39 is 4.92 Å². The van der Waals surface area contributed by atoms with Gasteiger partial charge in [-0.05, 0) is 18.9 Å². The Balaban J connectivity index is 1.79. The minimum absolute atomic E-state index is 0.0221. The van der Waals surface area contributed by atoms with E-state index in [4.69, 9.17) is 0 Å². The molecule has 0 spiro atoms. The summed E-state index contributed by atoms with van der Waals surface area (Å²) in [6.45, 7) is 1.73. The third kappa shape index (κ3) is 3.51. The van der Waals surface area contributed by atoms with E-state index in [-0.39, 0.29) is 18.1 Å². The van der Waals surface area contributed by atoms with Crippen LogP contribution in [0.5, 0.6) is 0 Å². The number of carbonyl (C=O) groups is 1. The molecule has 1 fully saturated rings. The SMILES string of the molecule is O=C(CNc1ccc([N+](=O)[O-])c(-c2ccccc2)n1)N1CCCC1. The van der Waals surface area contributed by atoms with Gasteiger partial charge in [0.25, 0.3) is 5.69 Å². The molecule has 3 rings (SSSR count). The molecule has 1 N–H and O–H groups in total. The maximum Gasteiger partial charge on any atom is 0.295 e. The van der Waals surface area contributed by atoms with Crippen molar-refractivity contribution in [2.24, 2.45) is 0 Å². The number of hydrogen-bond donors (Lipinski definition) is 1. The molecule has 1 aliphatic heterocycles. The first-order valence-corrected chi connectivity index (χ1v) is 7.87. The summed E-state index contributed by atoms with van der Waals surface area (Å²) in [7, 11) is 0. The lowest BCUT2D eigenvalue weighted by Gasteiger charge is -2.15. The largest absolute Gasteiger partial charge is 0.361 e. The van der Waals surface area contributed by atoms with Crippen molar-refractivity contribution in [2.75, 3.05) is 25.0 Å². The molecule has 0 saturated carbocycles. The predicted molar refractivity (Wildman–Crippen MR) is 90.6 cm³/mol. The van der Waals surface area contributed by atoms with E-state index in [1.807, 2.05) is 11.0 Å². The van der Waals surface area contributed by atoms with Crippen LogP contribution in [0.4, 0.5) is 11.5 Å². The molecule has 0 atom stereocenters. The smallest absolute Gasteiger partial charge is 0.295 e. The Bertz CT molecular complexity index is 743. The number of benzene rings is 1. The summed E-state index contributed by atoms with van der Waals surface area (Å²) in [5.74, 6) is 0.473. The van der Waals surface area contributed by atoms with Gasteiger partial charge in [0.1, 0.15) is 5.82 Å². The highest BCUT2D eigenvalue weighted by molar-refractivity contribution is 5.81. The van der Waals surface area contributed by atoms with Crippen LogP contribution in [0.25, 0.3) is 11.3 Å². The van der Waals surface area contributed by atoms with Crippen molar-refractivity contribution >= 4 is 17.4 Å². The van der Waals surface area contributed by atoms with Crippen LogP contribution in [0.1, 0.15) is 12.8 Å². The fourth-order valence-corrected chi connectivity index (χ4v) is 2.75. The topological polar surface area (TPSA) is 88.4 Å². The quantitative estimate of drug-likeness (QED) is 0.674. The standard InChI is InChI=1S/C17H18N4O3/c22-16(20-10-4-5-11-20)12-18-15-9-8-14(21(23)24)17(19-15)13-6-2-1-3-7-13/h1-3,6-9H,4-5,10-12H2,(H,18,19). The molecule has 124 valence electrons. The number of hydrogen-bond acceptors (Lipinski definition) is 5.